The molecule has 3 aromatic carbocycles. The monoisotopic (exact) mass is 410 g/mol. The van der Waals surface area contributed by atoms with E-state index in [9.17, 15) is 5.26 Å². The molecule has 1 heterocycles. The van der Waals surface area contributed by atoms with Crippen LogP contribution in [-0.2, 0) is 0 Å². The molecule has 5 heteroatoms. The predicted molar refractivity (Wildman–Crippen MR) is 124 cm³/mol. The van der Waals surface area contributed by atoms with Crippen molar-refractivity contribution < 1.29 is 4.74 Å². The van der Waals surface area contributed by atoms with Gasteiger partial charge in [0.05, 0.1) is 24.9 Å². The average molecular weight is 411 g/mol. The Morgan fingerprint density at radius 3 is 2.26 bits per heavy atom. The molecule has 31 heavy (non-hydrogen) atoms. The summed E-state index contributed by atoms with van der Waals surface area (Å²) in [5.41, 5.74) is 5.21. The van der Waals surface area contributed by atoms with Gasteiger partial charge in [-0.1, -0.05) is 42.5 Å². The van der Waals surface area contributed by atoms with Crippen LogP contribution in [0.5, 0.6) is 5.75 Å². The van der Waals surface area contributed by atoms with Crippen molar-refractivity contribution in [1.82, 2.24) is 5.01 Å². The highest BCUT2D eigenvalue weighted by Gasteiger charge is 2.34. The summed E-state index contributed by atoms with van der Waals surface area (Å²) < 4.78 is 5.29. The fourth-order valence-corrected chi connectivity index (χ4v) is 3.91. The lowest BCUT2D eigenvalue weighted by atomic mass is 9.97. The van der Waals surface area contributed by atoms with E-state index >= 15 is 0 Å². The van der Waals surface area contributed by atoms with Crippen LogP contribution >= 0.6 is 0 Å². The molecule has 0 fully saturated rings. The number of benzene rings is 3. The first-order chi connectivity index (χ1) is 15.1. The van der Waals surface area contributed by atoms with Crippen LogP contribution in [0.15, 0.2) is 84.0 Å². The first-order valence-corrected chi connectivity index (χ1v) is 10.3. The van der Waals surface area contributed by atoms with E-state index < -0.39 is 6.04 Å². The quantitative estimate of drug-likeness (QED) is 0.562. The second-order valence-corrected chi connectivity index (χ2v) is 7.80. The molecule has 0 amide bonds. The standard InChI is InChI=1S/C26H26N4O/c1-29(2)22-13-9-21(10-14-22)26(18-27)30-25(20-7-5-4-6-8-20)17-24(28-30)19-11-15-23(31-3)16-12-19/h4-16,25-26H,17H2,1-3H3/t25-,26+/m0/s1. The van der Waals surface area contributed by atoms with Gasteiger partial charge < -0.3 is 9.64 Å². The van der Waals surface area contributed by atoms with Crippen LogP contribution in [0.3, 0.4) is 0 Å². The van der Waals surface area contributed by atoms with Gasteiger partial charge in [-0.05, 0) is 53.1 Å². The van der Waals surface area contributed by atoms with E-state index in [0.717, 1.165) is 40.3 Å². The molecule has 0 bridgehead atoms. The summed E-state index contributed by atoms with van der Waals surface area (Å²) in [6, 6.07) is 28.4. The van der Waals surface area contributed by atoms with Crippen molar-refractivity contribution in [2.75, 3.05) is 26.1 Å². The minimum atomic E-state index is -0.475. The number of hydrogen-bond acceptors (Lipinski definition) is 5. The van der Waals surface area contributed by atoms with Crippen LogP contribution in [-0.4, -0.2) is 31.9 Å². The Kier molecular flexibility index (Phi) is 5.90. The molecule has 2 atom stereocenters. The number of methoxy groups -OCH3 is 1. The summed E-state index contributed by atoms with van der Waals surface area (Å²) in [6.07, 6.45) is 0.740. The molecule has 0 saturated carbocycles. The normalized spacial score (nSPS) is 16.4. The molecule has 5 nitrogen and oxygen atoms in total. The van der Waals surface area contributed by atoms with E-state index in [2.05, 4.69) is 18.2 Å². The molecule has 0 radical (unpaired) electrons. The first kappa shape index (κ1) is 20.5. The Labute approximate surface area is 183 Å². The molecule has 3 aromatic rings. The Hall–Kier alpha value is -3.78. The topological polar surface area (TPSA) is 51.9 Å². The molecule has 1 aliphatic rings. The van der Waals surface area contributed by atoms with Gasteiger partial charge in [-0.25, -0.2) is 0 Å². The van der Waals surface area contributed by atoms with E-state index in [1.807, 2.05) is 90.7 Å². The zero-order chi connectivity index (χ0) is 21.8. The van der Waals surface area contributed by atoms with Crippen LogP contribution in [0.4, 0.5) is 5.69 Å². The number of ether oxygens (including phenoxy) is 1. The third-order valence-corrected chi connectivity index (χ3v) is 5.66. The minimum Gasteiger partial charge on any atom is -0.497 e. The minimum absolute atomic E-state index is 0.00326. The molecular formula is C26H26N4O. The summed E-state index contributed by atoms with van der Waals surface area (Å²) in [4.78, 5) is 2.05. The van der Waals surface area contributed by atoms with Crippen molar-refractivity contribution in [2.24, 2.45) is 5.10 Å². The van der Waals surface area contributed by atoms with Gasteiger partial charge in [0.2, 0.25) is 0 Å². The van der Waals surface area contributed by atoms with Gasteiger partial charge in [0.15, 0.2) is 6.04 Å². The molecule has 0 saturated heterocycles. The first-order valence-electron chi connectivity index (χ1n) is 10.3. The van der Waals surface area contributed by atoms with Crippen LogP contribution in [0.2, 0.25) is 0 Å². The lowest BCUT2D eigenvalue weighted by Crippen LogP contribution is -2.24. The van der Waals surface area contributed by atoms with E-state index in [0.29, 0.717) is 0 Å². The van der Waals surface area contributed by atoms with Crippen molar-refractivity contribution in [3.05, 3.63) is 95.6 Å². The zero-order valence-electron chi connectivity index (χ0n) is 18.1. The molecule has 1 aliphatic heterocycles. The zero-order valence-corrected chi connectivity index (χ0v) is 18.1. The van der Waals surface area contributed by atoms with Crippen LogP contribution in [0, 0.1) is 11.3 Å². The molecule has 156 valence electrons. The van der Waals surface area contributed by atoms with Crippen molar-refractivity contribution in [3.63, 3.8) is 0 Å². The number of hydrogen-bond donors (Lipinski definition) is 0. The van der Waals surface area contributed by atoms with Crippen LogP contribution in [0.1, 0.15) is 35.2 Å². The second-order valence-electron chi connectivity index (χ2n) is 7.80. The summed E-state index contributed by atoms with van der Waals surface area (Å²) in [6.45, 7) is 0. The Bertz CT molecular complexity index is 1080. The fourth-order valence-electron chi connectivity index (χ4n) is 3.91. The largest absolute Gasteiger partial charge is 0.497 e. The second kappa shape index (κ2) is 8.93. The molecule has 0 spiro atoms. The smallest absolute Gasteiger partial charge is 0.159 e. The van der Waals surface area contributed by atoms with Gasteiger partial charge in [0.25, 0.3) is 0 Å². The summed E-state index contributed by atoms with van der Waals surface area (Å²) in [7, 11) is 5.68. The fraction of sp³-hybridized carbons (Fsp3) is 0.231. The molecule has 0 aromatic heterocycles. The van der Waals surface area contributed by atoms with E-state index in [-0.39, 0.29) is 6.04 Å². The lowest BCUT2D eigenvalue weighted by Gasteiger charge is -2.28. The van der Waals surface area contributed by atoms with E-state index in [4.69, 9.17) is 9.84 Å². The van der Waals surface area contributed by atoms with Crippen LogP contribution < -0.4 is 9.64 Å². The maximum atomic E-state index is 10.1. The molecule has 0 aliphatic carbocycles. The predicted octanol–water partition coefficient (Wildman–Crippen LogP) is 5.18. The maximum Gasteiger partial charge on any atom is 0.159 e. The highest BCUT2D eigenvalue weighted by atomic mass is 16.5. The van der Waals surface area contributed by atoms with E-state index in [1.54, 1.807) is 7.11 Å². The van der Waals surface area contributed by atoms with Gasteiger partial charge in [-0.2, -0.15) is 10.4 Å². The number of nitrogens with zero attached hydrogens (tertiary/aromatic N) is 4. The third kappa shape index (κ3) is 4.24. The molecular weight excluding hydrogens is 384 g/mol. The number of rotatable bonds is 6. The van der Waals surface area contributed by atoms with Crippen molar-refractivity contribution >= 4 is 11.4 Å². The summed E-state index contributed by atoms with van der Waals surface area (Å²) >= 11 is 0. The third-order valence-electron chi connectivity index (χ3n) is 5.66. The van der Waals surface area contributed by atoms with Crippen molar-refractivity contribution in [3.8, 4) is 11.8 Å². The average Bonchev–Trinajstić information content (AvgIpc) is 3.25. The highest BCUT2D eigenvalue weighted by Crippen LogP contribution is 2.39. The SMILES string of the molecule is COc1ccc(C2=NN([C@H](C#N)c3ccc(N(C)C)cc3)[C@H](c3ccccc3)C2)cc1. The van der Waals surface area contributed by atoms with Gasteiger partial charge in [0.1, 0.15) is 5.75 Å². The van der Waals surface area contributed by atoms with E-state index in [1.165, 1.54) is 0 Å². The molecule has 4 rings (SSSR count). The maximum absolute atomic E-state index is 10.1. The summed E-state index contributed by atoms with van der Waals surface area (Å²) in [5, 5.41) is 17.0. The van der Waals surface area contributed by atoms with Crippen LogP contribution in [0.25, 0.3) is 0 Å². The lowest BCUT2D eigenvalue weighted by molar-refractivity contribution is 0.196. The van der Waals surface area contributed by atoms with Gasteiger partial charge in [-0.3, -0.25) is 5.01 Å². The number of hydrazone groups is 1. The van der Waals surface area contributed by atoms with Gasteiger partial charge in [-0.15, -0.1) is 0 Å². The van der Waals surface area contributed by atoms with Gasteiger partial charge in [0, 0.05) is 26.2 Å². The number of nitriles is 1. The van der Waals surface area contributed by atoms with Gasteiger partial charge >= 0.3 is 0 Å². The van der Waals surface area contributed by atoms with Crippen molar-refractivity contribution in [2.45, 2.75) is 18.5 Å². The summed E-state index contributed by atoms with van der Waals surface area (Å²) in [5.74, 6) is 0.815. The Balaban J connectivity index is 1.72. The molecule has 0 unspecified atom stereocenters. The highest BCUT2D eigenvalue weighted by molar-refractivity contribution is 6.02. The molecule has 0 N–H and O–H groups in total. The number of anilines is 1. The Morgan fingerprint density at radius 1 is 1.00 bits per heavy atom. The van der Waals surface area contributed by atoms with Crippen molar-refractivity contribution in [1.29, 1.82) is 5.26 Å². The Morgan fingerprint density at radius 2 is 1.68 bits per heavy atom.